The number of aryl methyl sites for hydroxylation is 2. The maximum absolute atomic E-state index is 13.0. The highest BCUT2D eigenvalue weighted by atomic mass is 16.5. The van der Waals surface area contributed by atoms with Crippen molar-refractivity contribution in [1.82, 2.24) is 10.6 Å². The largest absolute Gasteiger partial charge is 0.452 e. The van der Waals surface area contributed by atoms with Crippen molar-refractivity contribution in [2.75, 3.05) is 11.5 Å². The zero-order valence-corrected chi connectivity index (χ0v) is 19.7. The molecule has 0 spiro atoms. The number of nitrogens with zero attached hydrogens (tertiary/aromatic N) is 1. The summed E-state index contributed by atoms with van der Waals surface area (Å²) in [4.78, 5) is 63.4. The predicted octanol–water partition coefficient (Wildman–Crippen LogP) is 3.29. The van der Waals surface area contributed by atoms with Crippen LogP contribution in [0.1, 0.15) is 47.8 Å². The summed E-state index contributed by atoms with van der Waals surface area (Å²) in [6, 6.07) is 17.9. The number of amides is 5. The Labute approximate surface area is 207 Å². The Hall–Kier alpha value is -4.79. The van der Waals surface area contributed by atoms with Gasteiger partial charge >= 0.3 is 12.0 Å². The zero-order valence-electron chi connectivity index (χ0n) is 19.7. The Bertz CT molecular complexity index is 1380. The summed E-state index contributed by atoms with van der Waals surface area (Å²) in [5, 5.41) is 4.60. The number of hydrogen-bond acceptors (Lipinski definition) is 6. The number of rotatable bonds is 6. The maximum Gasteiger partial charge on any atom is 0.338 e. The van der Waals surface area contributed by atoms with Gasteiger partial charge in [-0.3, -0.25) is 19.7 Å². The molecular weight excluding hydrogens is 462 g/mol. The molecule has 0 aromatic heterocycles. The van der Waals surface area contributed by atoms with E-state index in [2.05, 4.69) is 10.6 Å². The molecule has 4 rings (SSSR count). The molecule has 0 radical (unpaired) electrons. The highest BCUT2D eigenvalue weighted by Crippen LogP contribution is 2.31. The van der Waals surface area contributed by atoms with Gasteiger partial charge in [0, 0.05) is 6.54 Å². The van der Waals surface area contributed by atoms with Gasteiger partial charge in [-0.1, -0.05) is 42.5 Å². The van der Waals surface area contributed by atoms with Gasteiger partial charge in [-0.15, -0.1) is 0 Å². The zero-order chi connectivity index (χ0) is 25.8. The molecule has 9 nitrogen and oxygen atoms in total. The summed E-state index contributed by atoms with van der Waals surface area (Å²) in [7, 11) is 0. The lowest BCUT2D eigenvalue weighted by Gasteiger charge is -2.17. The monoisotopic (exact) mass is 485 g/mol. The minimum atomic E-state index is -0.872. The third-order valence-corrected chi connectivity index (χ3v) is 5.61. The van der Waals surface area contributed by atoms with Crippen molar-refractivity contribution in [1.29, 1.82) is 0 Å². The van der Waals surface area contributed by atoms with Crippen LogP contribution in [0.3, 0.4) is 0 Å². The van der Waals surface area contributed by atoms with Crippen molar-refractivity contribution >= 4 is 35.4 Å². The molecule has 0 fully saturated rings. The smallest absolute Gasteiger partial charge is 0.338 e. The number of esters is 1. The van der Waals surface area contributed by atoms with Gasteiger partial charge in [0.2, 0.25) is 0 Å². The minimum Gasteiger partial charge on any atom is -0.452 e. The standard InChI is InChI=1S/C27H23N3O6/c1-16-8-9-17(2)22(12-16)30-24(32)20-11-10-19(13-21(20)25(30)33)26(34)36-15-23(31)29-27(35)28-14-18-6-4-3-5-7-18/h3-13H,14-15H2,1-2H3,(H2,28,29,31,35). The second kappa shape index (κ2) is 10.2. The van der Waals surface area contributed by atoms with Gasteiger partial charge in [-0.25, -0.2) is 14.5 Å². The van der Waals surface area contributed by atoms with Crippen molar-refractivity contribution < 1.29 is 28.7 Å². The van der Waals surface area contributed by atoms with E-state index < -0.39 is 36.3 Å². The van der Waals surface area contributed by atoms with E-state index in [1.54, 1.807) is 13.0 Å². The minimum absolute atomic E-state index is 0.000886. The quantitative estimate of drug-likeness (QED) is 0.408. The molecule has 0 saturated heterocycles. The van der Waals surface area contributed by atoms with Gasteiger partial charge in [-0.05, 0) is 54.8 Å². The van der Waals surface area contributed by atoms with Crippen molar-refractivity contribution in [2.45, 2.75) is 20.4 Å². The fourth-order valence-corrected chi connectivity index (χ4v) is 3.75. The van der Waals surface area contributed by atoms with Gasteiger partial charge in [0.05, 0.1) is 22.4 Å². The maximum atomic E-state index is 13.0. The number of urea groups is 1. The van der Waals surface area contributed by atoms with E-state index in [-0.39, 0.29) is 23.2 Å². The van der Waals surface area contributed by atoms with E-state index in [0.29, 0.717) is 5.69 Å². The van der Waals surface area contributed by atoms with Crippen LogP contribution in [-0.2, 0) is 16.1 Å². The normalized spacial score (nSPS) is 12.2. The van der Waals surface area contributed by atoms with E-state index in [4.69, 9.17) is 4.74 Å². The number of carbonyl (C=O) groups is 5. The van der Waals surface area contributed by atoms with E-state index in [1.165, 1.54) is 18.2 Å². The lowest BCUT2D eigenvalue weighted by molar-refractivity contribution is -0.123. The molecule has 182 valence electrons. The van der Waals surface area contributed by atoms with Crippen molar-refractivity contribution in [3.05, 3.63) is 100 Å². The Morgan fingerprint density at radius 1 is 0.861 bits per heavy atom. The number of hydrogen-bond donors (Lipinski definition) is 2. The number of imide groups is 2. The topological polar surface area (TPSA) is 122 Å². The summed E-state index contributed by atoms with van der Waals surface area (Å²) in [5.74, 6) is -2.72. The van der Waals surface area contributed by atoms with Crippen LogP contribution in [0.15, 0.2) is 66.7 Å². The second-order valence-corrected chi connectivity index (χ2v) is 8.29. The fraction of sp³-hybridized carbons (Fsp3) is 0.148. The summed E-state index contributed by atoms with van der Waals surface area (Å²) < 4.78 is 4.98. The summed E-state index contributed by atoms with van der Waals surface area (Å²) >= 11 is 0. The first-order valence-electron chi connectivity index (χ1n) is 11.1. The first kappa shape index (κ1) is 24.3. The number of benzene rings is 3. The summed E-state index contributed by atoms with van der Waals surface area (Å²) in [6.45, 7) is 3.18. The van der Waals surface area contributed by atoms with Crippen LogP contribution >= 0.6 is 0 Å². The molecule has 0 aliphatic carbocycles. The number of ether oxygens (including phenoxy) is 1. The highest BCUT2D eigenvalue weighted by Gasteiger charge is 2.38. The molecule has 0 bridgehead atoms. The van der Waals surface area contributed by atoms with Gasteiger partial charge in [0.25, 0.3) is 17.7 Å². The SMILES string of the molecule is Cc1ccc(C)c(N2C(=O)c3ccc(C(=O)OCC(=O)NC(=O)NCc4ccccc4)cc3C2=O)c1. The molecule has 36 heavy (non-hydrogen) atoms. The molecule has 1 aliphatic rings. The van der Waals surface area contributed by atoms with Gasteiger partial charge < -0.3 is 10.1 Å². The highest BCUT2D eigenvalue weighted by molar-refractivity contribution is 6.35. The molecule has 3 aromatic rings. The molecule has 1 aliphatic heterocycles. The van der Waals surface area contributed by atoms with Crippen LogP contribution in [0.25, 0.3) is 0 Å². The van der Waals surface area contributed by atoms with E-state index in [9.17, 15) is 24.0 Å². The molecule has 3 aromatic carbocycles. The number of carbonyl (C=O) groups excluding carboxylic acids is 5. The predicted molar refractivity (Wildman–Crippen MR) is 131 cm³/mol. The molecule has 0 atom stereocenters. The number of anilines is 1. The van der Waals surface area contributed by atoms with Crippen LogP contribution in [0.4, 0.5) is 10.5 Å². The van der Waals surface area contributed by atoms with Crippen molar-refractivity contribution in [2.24, 2.45) is 0 Å². The third kappa shape index (κ3) is 5.15. The average molecular weight is 485 g/mol. The van der Waals surface area contributed by atoms with E-state index in [1.807, 2.05) is 49.4 Å². The molecule has 0 saturated carbocycles. The van der Waals surface area contributed by atoms with Gasteiger partial charge in [-0.2, -0.15) is 0 Å². The third-order valence-electron chi connectivity index (χ3n) is 5.61. The van der Waals surface area contributed by atoms with Crippen LogP contribution in [-0.4, -0.2) is 36.3 Å². The lowest BCUT2D eigenvalue weighted by atomic mass is 10.1. The van der Waals surface area contributed by atoms with Crippen LogP contribution in [0.5, 0.6) is 0 Å². The summed E-state index contributed by atoms with van der Waals surface area (Å²) in [5.41, 5.74) is 3.22. The van der Waals surface area contributed by atoms with E-state index >= 15 is 0 Å². The van der Waals surface area contributed by atoms with Crippen molar-refractivity contribution in [3.63, 3.8) is 0 Å². The Morgan fingerprint density at radius 3 is 2.33 bits per heavy atom. The Kier molecular flexibility index (Phi) is 6.91. The average Bonchev–Trinajstić information content (AvgIpc) is 3.12. The number of nitrogens with one attached hydrogen (secondary N) is 2. The van der Waals surface area contributed by atoms with E-state index in [0.717, 1.165) is 21.6 Å². The van der Waals surface area contributed by atoms with Crippen molar-refractivity contribution in [3.8, 4) is 0 Å². The van der Waals surface area contributed by atoms with Crippen LogP contribution in [0, 0.1) is 13.8 Å². The van der Waals surface area contributed by atoms with Crippen LogP contribution in [0.2, 0.25) is 0 Å². The van der Waals surface area contributed by atoms with Gasteiger partial charge in [0.15, 0.2) is 6.61 Å². The summed E-state index contributed by atoms with van der Waals surface area (Å²) in [6.07, 6.45) is 0. The Morgan fingerprint density at radius 2 is 1.58 bits per heavy atom. The number of fused-ring (bicyclic) bond motifs is 1. The second-order valence-electron chi connectivity index (χ2n) is 8.29. The molecule has 2 N–H and O–H groups in total. The van der Waals surface area contributed by atoms with Gasteiger partial charge in [0.1, 0.15) is 0 Å². The van der Waals surface area contributed by atoms with Crippen LogP contribution < -0.4 is 15.5 Å². The molecule has 5 amide bonds. The lowest BCUT2D eigenvalue weighted by Crippen LogP contribution is -2.41. The first-order chi connectivity index (χ1) is 17.2. The molecule has 0 unspecified atom stereocenters. The Balaban J connectivity index is 1.36. The molecule has 9 heteroatoms. The molecule has 1 heterocycles. The molecular formula is C27H23N3O6. The first-order valence-corrected chi connectivity index (χ1v) is 11.1. The fourth-order valence-electron chi connectivity index (χ4n) is 3.75.